The van der Waals surface area contributed by atoms with Crippen molar-refractivity contribution >= 4 is 5.97 Å². The van der Waals surface area contributed by atoms with E-state index in [2.05, 4.69) is 18.9 Å². The Morgan fingerprint density at radius 3 is 2.78 bits per heavy atom. The number of hydrogen-bond acceptors (Lipinski definition) is 5. The van der Waals surface area contributed by atoms with Gasteiger partial charge in [0.2, 0.25) is 0 Å². The molecule has 0 unspecified atom stereocenters. The number of ether oxygens (including phenoxy) is 3. The van der Waals surface area contributed by atoms with Crippen LogP contribution in [0.15, 0.2) is 6.20 Å². The highest BCUT2D eigenvalue weighted by atomic mass is 16.7. The van der Waals surface area contributed by atoms with E-state index in [9.17, 15) is 4.79 Å². The molecule has 1 spiro atoms. The van der Waals surface area contributed by atoms with Crippen LogP contribution in [-0.2, 0) is 20.8 Å². The maximum absolute atomic E-state index is 12.7. The minimum atomic E-state index is -0.425. The van der Waals surface area contributed by atoms with Gasteiger partial charge in [-0.1, -0.05) is 20.3 Å². The van der Waals surface area contributed by atoms with Gasteiger partial charge in [0.15, 0.2) is 5.79 Å². The SMILES string of the molecule is CC(C)Cn1ncc(C(=O)OCC[C@H]2CCCCC23OCCO3)c1C1CC1. The molecule has 6 heteroatoms. The third-order valence-electron chi connectivity index (χ3n) is 6.03. The first-order valence-electron chi connectivity index (χ1n) is 10.6. The van der Waals surface area contributed by atoms with Crippen LogP contribution in [0.5, 0.6) is 0 Å². The van der Waals surface area contributed by atoms with Crippen molar-refractivity contribution in [3.05, 3.63) is 17.5 Å². The van der Waals surface area contributed by atoms with Gasteiger partial charge in [0, 0.05) is 24.8 Å². The van der Waals surface area contributed by atoms with Crippen LogP contribution in [0.25, 0.3) is 0 Å². The van der Waals surface area contributed by atoms with Gasteiger partial charge in [-0.25, -0.2) is 4.79 Å². The van der Waals surface area contributed by atoms with Crippen LogP contribution in [0, 0.1) is 11.8 Å². The van der Waals surface area contributed by atoms with E-state index in [0.717, 1.165) is 50.8 Å². The van der Waals surface area contributed by atoms with E-state index in [-0.39, 0.29) is 5.97 Å². The Kier molecular flexibility index (Phi) is 5.55. The molecule has 0 bridgehead atoms. The van der Waals surface area contributed by atoms with Gasteiger partial charge < -0.3 is 14.2 Å². The van der Waals surface area contributed by atoms with E-state index in [1.165, 1.54) is 6.42 Å². The number of rotatable bonds is 7. The van der Waals surface area contributed by atoms with Gasteiger partial charge in [0.1, 0.15) is 5.56 Å². The van der Waals surface area contributed by atoms with Gasteiger partial charge in [-0.05, 0) is 38.0 Å². The molecule has 2 heterocycles. The van der Waals surface area contributed by atoms with Crippen LogP contribution in [0.4, 0.5) is 0 Å². The summed E-state index contributed by atoms with van der Waals surface area (Å²) in [7, 11) is 0. The normalized spacial score (nSPS) is 24.6. The fraction of sp³-hybridized carbons (Fsp3) is 0.810. The van der Waals surface area contributed by atoms with Gasteiger partial charge in [-0.3, -0.25) is 4.68 Å². The van der Waals surface area contributed by atoms with Gasteiger partial charge >= 0.3 is 5.97 Å². The summed E-state index contributed by atoms with van der Waals surface area (Å²) in [5.41, 5.74) is 1.73. The first-order chi connectivity index (χ1) is 13.1. The zero-order chi connectivity index (χ0) is 18.9. The lowest BCUT2D eigenvalue weighted by atomic mass is 9.81. The number of aromatic nitrogens is 2. The molecule has 150 valence electrons. The quantitative estimate of drug-likeness (QED) is 0.676. The second-order valence-electron chi connectivity index (χ2n) is 8.67. The van der Waals surface area contributed by atoms with Crippen LogP contribution in [-0.4, -0.2) is 41.4 Å². The molecule has 0 N–H and O–H groups in total. The lowest BCUT2D eigenvalue weighted by Gasteiger charge is -2.39. The first-order valence-corrected chi connectivity index (χ1v) is 10.6. The molecule has 3 fully saturated rings. The second kappa shape index (κ2) is 7.92. The Morgan fingerprint density at radius 1 is 1.30 bits per heavy atom. The summed E-state index contributed by atoms with van der Waals surface area (Å²) in [5, 5.41) is 4.47. The summed E-state index contributed by atoms with van der Waals surface area (Å²) in [5.74, 6) is 0.625. The monoisotopic (exact) mass is 376 g/mol. The lowest BCUT2D eigenvalue weighted by Crippen LogP contribution is -2.42. The Hall–Kier alpha value is -1.40. The molecule has 2 saturated carbocycles. The Balaban J connectivity index is 1.36. The largest absolute Gasteiger partial charge is 0.462 e. The number of carbonyl (C=O) groups is 1. The predicted molar refractivity (Wildman–Crippen MR) is 101 cm³/mol. The second-order valence-corrected chi connectivity index (χ2v) is 8.67. The molecule has 1 atom stereocenters. The molecule has 1 aliphatic heterocycles. The number of carbonyl (C=O) groups excluding carboxylic acids is 1. The molecule has 2 aliphatic carbocycles. The average molecular weight is 376 g/mol. The summed E-state index contributed by atoms with van der Waals surface area (Å²) in [4.78, 5) is 12.7. The maximum atomic E-state index is 12.7. The van der Waals surface area contributed by atoms with Crippen molar-refractivity contribution in [3.63, 3.8) is 0 Å². The summed E-state index contributed by atoms with van der Waals surface area (Å²) < 4.78 is 19.6. The molecule has 6 nitrogen and oxygen atoms in total. The fourth-order valence-electron chi connectivity index (χ4n) is 4.60. The molecule has 3 aliphatic rings. The Morgan fingerprint density at radius 2 is 2.07 bits per heavy atom. The average Bonchev–Trinajstić information content (AvgIpc) is 3.23. The number of nitrogens with zero attached hydrogens (tertiary/aromatic N) is 2. The molecule has 0 aromatic carbocycles. The molecule has 4 rings (SSSR count). The standard InChI is InChI=1S/C21H32N2O4/c1-15(2)14-23-19(16-6-7-16)18(13-22-23)20(24)25-10-8-17-5-3-4-9-21(17)26-11-12-27-21/h13,15-17H,3-12,14H2,1-2H3/t17-/m1/s1. The van der Waals surface area contributed by atoms with E-state index in [1.54, 1.807) is 6.20 Å². The van der Waals surface area contributed by atoms with Crippen LogP contribution >= 0.6 is 0 Å². The molecular formula is C21H32N2O4. The first kappa shape index (κ1) is 18.9. The van der Waals surface area contributed by atoms with Crippen molar-refractivity contribution in [3.8, 4) is 0 Å². The van der Waals surface area contributed by atoms with Crippen molar-refractivity contribution < 1.29 is 19.0 Å². The minimum absolute atomic E-state index is 0.231. The highest BCUT2D eigenvalue weighted by Crippen LogP contribution is 2.43. The van der Waals surface area contributed by atoms with Crippen LogP contribution in [0.2, 0.25) is 0 Å². The minimum Gasteiger partial charge on any atom is -0.462 e. The molecule has 1 saturated heterocycles. The Labute approximate surface area is 161 Å². The van der Waals surface area contributed by atoms with E-state index in [1.807, 2.05) is 4.68 Å². The molecule has 0 amide bonds. The third-order valence-corrected chi connectivity index (χ3v) is 6.03. The zero-order valence-corrected chi connectivity index (χ0v) is 16.6. The predicted octanol–water partition coefficient (Wildman–Crippen LogP) is 3.90. The molecule has 27 heavy (non-hydrogen) atoms. The number of esters is 1. The van der Waals surface area contributed by atoms with Crippen molar-refractivity contribution in [1.29, 1.82) is 0 Å². The highest BCUT2D eigenvalue weighted by molar-refractivity contribution is 5.90. The molecule has 1 aromatic heterocycles. The van der Waals surface area contributed by atoms with Crippen molar-refractivity contribution in [2.45, 2.75) is 77.0 Å². The molecule has 0 radical (unpaired) electrons. The zero-order valence-electron chi connectivity index (χ0n) is 16.6. The maximum Gasteiger partial charge on any atom is 0.341 e. The van der Waals surface area contributed by atoms with Crippen molar-refractivity contribution in [1.82, 2.24) is 9.78 Å². The summed E-state index contributed by atoms with van der Waals surface area (Å²) in [6.07, 6.45) is 9.16. The van der Waals surface area contributed by atoms with E-state index in [4.69, 9.17) is 14.2 Å². The van der Waals surface area contributed by atoms with Gasteiger partial charge in [0.05, 0.1) is 31.7 Å². The molecular weight excluding hydrogens is 344 g/mol. The third kappa shape index (κ3) is 4.06. The van der Waals surface area contributed by atoms with Crippen LogP contribution < -0.4 is 0 Å². The smallest absolute Gasteiger partial charge is 0.341 e. The van der Waals surface area contributed by atoms with Gasteiger partial charge in [-0.15, -0.1) is 0 Å². The van der Waals surface area contributed by atoms with E-state index < -0.39 is 5.79 Å². The fourth-order valence-corrected chi connectivity index (χ4v) is 4.60. The Bertz CT molecular complexity index is 659. The van der Waals surface area contributed by atoms with Crippen molar-refractivity contribution in [2.75, 3.05) is 19.8 Å². The van der Waals surface area contributed by atoms with E-state index in [0.29, 0.717) is 43.1 Å². The molecule has 1 aromatic rings. The number of hydrogen-bond donors (Lipinski definition) is 0. The summed E-state index contributed by atoms with van der Waals surface area (Å²) >= 11 is 0. The van der Waals surface area contributed by atoms with E-state index >= 15 is 0 Å². The van der Waals surface area contributed by atoms with Gasteiger partial charge in [-0.2, -0.15) is 5.10 Å². The summed E-state index contributed by atoms with van der Waals surface area (Å²) in [6, 6.07) is 0. The summed E-state index contributed by atoms with van der Waals surface area (Å²) in [6.45, 7) is 6.95. The highest BCUT2D eigenvalue weighted by Gasteiger charge is 2.45. The lowest BCUT2D eigenvalue weighted by molar-refractivity contribution is -0.215. The van der Waals surface area contributed by atoms with Gasteiger partial charge in [0.25, 0.3) is 0 Å². The van der Waals surface area contributed by atoms with Crippen LogP contribution in [0.3, 0.4) is 0 Å². The van der Waals surface area contributed by atoms with Crippen molar-refractivity contribution in [2.24, 2.45) is 11.8 Å². The topological polar surface area (TPSA) is 62.6 Å². The van der Waals surface area contributed by atoms with Crippen LogP contribution in [0.1, 0.15) is 80.8 Å².